The fraction of sp³-hybridized carbons (Fsp3) is 0.573. The highest BCUT2D eigenvalue weighted by molar-refractivity contribution is 7.09. The van der Waals surface area contributed by atoms with Crippen molar-refractivity contribution in [2.24, 2.45) is 41.2 Å². The summed E-state index contributed by atoms with van der Waals surface area (Å²) in [5.74, 6) is -6.74. The molecule has 35 nitrogen and oxygen atoms in total. The second kappa shape index (κ2) is 56.2. The van der Waals surface area contributed by atoms with E-state index in [-0.39, 0.29) is 176 Å². The molecule has 5 heterocycles. The first-order valence-electron chi connectivity index (χ1n) is 51.4. The number of aryl methyl sites for hydroxylation is 1. The Kier molecular flexibility index (Phi) is 44.6. The molecular weight excluding hydrogens is 1880 g/mol. The standard InChI is InChI=1S/C110H155N15O20S/c1-19-73(8)99(92(139-17)66-95(130)125-52-29-38-90(125)100(140-18)74(9)102(132)116-89(105-113-51-61-146-105)62-75-30-21-20-22-31-75)119(14)106(135)97(71(4)5)117-104(134)98(72(6)7)120(15)108(137)143-68-77-41-39-76(40-42-77)63-91(127)88(37-28-50-114-107(111)136)115-103(133)86(70(2)3)65-81(126)43-44-94(129)123(56-58-142-60-59-141-57-48-96(131)145-110(10,11)12)79-45-53-122(54-46-79)93(128)47-55-124-80(64-78-32-27-49-112-101(78)124)67-118(13)121(16)109(138)144-69-87-84-35-25-23-33-82(84)83-34-24-26-36-85(83)87/h20-27,30-36,39-42,49,51,61,64,70-74,79,86-90,92,97-100H,19,28-29,37-38,43-48,50,52-60,62-63,65-69H2,1-18H3,(H,115,133)(H,116,132)(H,117,134)(H3,111,114,136)/t73-,74+,86-,88-,89-,90-,92+,97-,98-,99-,100+/m0/s1. The van der Waals surface area contributed by atoms with Crippen LogP contribution in [0.4, 0.5) is 14.4 Å². The van der Waals surface area contributed by atoms with Crippen LogP contribution in [-0.4, -0.2) is 288 Å². The molecule has 0 saturated carbocycles. The van der Waals surface area contributed by atoms with Crippen molar-refractivity contribution < 1.29 is 95.5 Å². The number of hydrogen-bond acceptors (Lipinski definition) is 24. The number of methoxy groups -OCH3 is 2. The van der Waals surface area contributed by atoms with Gasteiger partial charge in [0.25, 0.3) is 0 Å². The van der Waals surface area contributed by atoms with E-state index in [9.17, 15) is 57.5 Å². The molecule has 3 aliphatic rings. The molecule has 2 aliphatic heterocycles. The maximum atomic E-state index is 15.1. The van der Waals surface area contributed by atoms with Gasteiger partial charge in [-0.05, 0) is 147 Å². The van der Waals surface area contributed by atoms with Crippen LogP contribution in [0.5, 0.6) is 0 Å². The van der Waals surface area contributed by atoms with Crippen LogP contribution in [0.25, 0.3) is 22.2 Å². The summed E-state index contributed by atoms with van der Waals surface area (Å²) in [6, 6.07) is 32.9. The number of likely N-dealkylation sites (tertiary alicyclic amines) is 2. The number of fused-ring (bicyclic) bond motifs is 4. The number of likely N-dealkylation sites (N-methyl/N-ethyl adjacent to an activating group) is 2. The zero-order valence-corrected chi connectivity index (χ0v) is 89.3. The summed E-state index contributed by atoms with van der Waals surface area (Å²) in [4.78, 5) is 200. The van der Waals surface area contributed by atoms with Gasteiger partial charge in [-0.25, -0.2) is 34.4 Å². The van der Waals surface area contributed by atoms with Gasteiger partial charge in [0.15, 0.2) is 5.78 Å². The highest BCUT2D eigenvalue weighted by Crippen LogP contribution is 2.45. The number of carbonyl (C=O) groups excluding carboxylic acids is 13. The SMILES string of the molecule is CC[C@H](C)[C@@H]([C@@H](CC(=O)N1CCC[C@H]1[C@H](OC)[C@@H](C)C(=O)N[C@@H](Cc1ccccc1)c1nccs1)OC)N(C)C(=O)[C@@H](NC(=O)[C@H](C(C)C)N(C)C(=O)OCc1ccc(CC(=O)[C@H](CCCNC(N)=O)NC(=O)[C@@H](CC(=O)CCC(=O)N(CCOCCOCCC(=O)OC(C)(C)C)C2CCN(C(=O)CCn3c(CN(C)N(C)C(=O)OCC4c5ccccc5-c5ccccc54)cc4cccnc43)CC2)C(C)C)cc1)C(C)C. The lowest BCUT2D eigenvalue weighted by atomic mass is 9.88. The van der Waals surface area contributed by atoms with Crippen molar-refractivity contribution in [2.45, 2.75) is 265 Å². The maximum absolute atomic E-state index is 15.1. The number of aromatic nitrogens is 3. The van der Waals surface area contributed by atoms with Crippen LogP contribution < -0.4 is 27.0 Å². The number of rotatable bonds is 56. The van der Waals surface area contributed by atoms with Crippen molar-refractivity contribution in [3.05, 3.63) is 178 Å². The first kappa shape index (κ1) is 116. The summed E-state index contributed by atoms with van der Waals surface area (Å²) in [6.07, 6.45) is 3.59. The first-order chi connectivity index (χ1) is 69.7. The summed E-state index contributed by atoms with van der Waals surface area (Å²) < 4.78 is 43.2. The topological polar surface area (TPSA) is 414 Å². The summed E-state index contributed by atoms with van der Waals surface area (Å²) in [5.41, 5.74) is 12.9. The van der Waals surface area contributed by atoms with Crippen molar-refractivity contribution in [2.75, 3.05) is 108 Å². The molecule has 796 valence electrons. The number of hydrogen-bond donors (Lipinski definition) is 5. The minimum Gasteiger partial charge on any atom is -0.460 e. The van der Waals surface area contributed by atoms with Crippen LogP contribution >= 0.6 is 11.3 Å². The number of carbonyl (C=O) groups is 13. The monoisotopic (exact) mass is 2040 g/mol. The molecular formula is C110H155N15O20S. The average molecular weight is 2040 g/mol. The van der Waals surface area contributed by atoms with E-state index >= 15 is 4.79 Å². The summed E-state index contributed by atoms with van der Waals surface area (Å²) >= 11 is 1.46. The molecule has 146 heavy (non-hydrogen) atoms. The Morgan fingerprint density at radius 3 is 1.92 bits per heavy atom. The molecule has 36 heteroatoms. The first-order valence-corrected chi connectivity index (χ1v) is 52.3. The van der Waals surface area contributed by atoms with Gasteiger partial charge in [-0.2, -0.15) is 0 Å². The molecule has 11 atom stereocenters. The van der Waals surface area contributed by atoms with Crippen LogP contribution in [0.15, 0.2) is 139 Å². The van der Waals surface area contributed by atoms with Gasteiger partial charge in [0.1, 0.15) is 47.3 Å². The van der Waals surface area contributed by atoms with Gasteiger partial charge >= 0.3 is 24.2 Å². The van der Waals surface area contributed by atoms with Crippen molar-refractivity contribution in [3.63, 3.8) is 0 Å². The van der Waals surface area contributed by atoms with E-state index in [2.05, 4.69) is 50.5 Å². The lowest BCUT2D eigenvalue weighted by Gasteiger charge is -2.41. The number of ketones is 2. The summed E-state index contributed by atoms with van der Waals surface area (Å²) in [6.45, 7) is 24.4. The molecule has 1 aliphatic carbocycles. The van der Waals surface area contributed by atoms with E-state index in [1.54, 1.807) is 138 Å². The minimum atomic E-state index is -1.11. The zero-order chi connectivity index (χ0) is 106. The number of amides is 11. The Morgan fingerprint density at radius 1 is 0.630 bits per heavy atom. The number of pyridine rings is 1. The Morgan fingerprint density at radius 2 is 1.29 bits per heavy atom. The largest absolute Gasteiger partial charge is 0.460 e. The third-order valence-electron chi connectivity index (χ3n) is 28.2. The number of nitrogens with zero attached hydrogens (tertiary/aromatic N) is 10. The van der Waals surface area contributed by atoms with E-state index in [4.69, 9.17) is 43.9 Å². The second-order valence-electron chi connectivity index (χ2n) is 40.7. The molecule has 6 N–H and O–H groups in total. The minimum absolute atomic E-state index is 0.0581. The van der Waals surface area contributed by atoms with Crippen molar-refractivity contribution in [1.29, 1.82) is 0 Å². The normalized spacial score (nSPS) is 15.9. The number of nitrogens with two attached hydrogens (primary N) is 1. The Balaban J connectivity index is 0.710. The number of primary amides is 1. The molecule has 0 spiro atoms. The highest BCUT2D eigenvalue weighted by Gasteiger charge is 2.46. The van der Waals surface area contributed by atoms with Gasteiger partial charge < -0.3 is 84.3 Å². The number of Topliss-reactive ketones (excluding diaryl/α,β-unsaturated/α-hetero) is 2. The summed E-state index contributed by atoms with van der Waals surface area (Å²) in [7, 11) is 9.63. The lowest BCUT2D eigenvalue weighted by molar-refractivity contribution is -0.156. The third-order valence-corrected chi connectivity index (χ3v) is 29.1. The smallest absolute Gasteiger partial charge is 0.424 e. The predicted octanol–water partition coefficient (Wildman–Crippen LogP) is 13.2. The number of ether oxygens (including phenoxy) is 7. The molecule has 2 fully saturated rings. The number of nitrogens with one attached hydrogen (secondary N) is 4. The quantitative estimate of drug-likeness (QED) is 0.0102. The molecule has 11 amide bonds. The molecule has 10 rings (SSSR count). The fourth-order valence-corrected chi connectivity index (χ4v) is 20.6. The molecule has 4 aromatic carbocycles. The number of esters is 1. The number of benzene rings is 4. The van der Waals surface area contributed by atoms with Crippen LogP contribution in [0.1, 0.15) is 217 Å². The Bertz CT molecular complexity index is 5430. The number of hydrazine groups is 1. The third kappa shape index (κ3) is 32.7. The Hall–Kier alpha value is -12.1. The van der Waals surface area contributed by atoms with Gasteiger partial charge in [0.2, 0.25) is 41.4 Å². The van der Waals surface area contributed by atoms with Gasteiger partial charge in [-0.15, -0.1) is 11.3 Å². The Labute approximate surface area is 863 Å². The molecule has 0 radical (unpaired) electrons. The van der Waals surface area contributed by atoms with E-state index in [0.717, 1.165) is 43.9 Å². The maximum Gasteiger partial charge on any atom is 0.424 e. The van der Waals surface area contributed by atoms with Gasteiger partial charge in [0.05, 0.1) is 88.1 Å². The van der Waals surface area contributed by atoms with Crippen LogP contribution in [0.3, 0.4) is 0 Å². The lowest BCUT2D eigenvalue weighted by Crippen LogP contribution is -2.60. The van der Waals surface area contributed by atoms with E-state index in [1.807, 2.05) is 117 Å². The molecule has 7 aromatic rings. The number of urea groups is 1. The van der Waals surface area contributed by atoms with Gasteiger partial charge in [-0.1, -0.05) is 172 Å². The van der Waals surface area contributed by atoms with Crippen LogP contribution in [0.2, 0.25) is 0 Å². The van der Waals surface area contributed by atoms with Crippen LogP contribution in [0, 0.1) is 35.5 Å². The number of thiazole rings is 1. The second-order valence-corrected chi connectivity index (χ2v) is 41.6. The van der Waals surface area contributed by atoms with Crippen molar-refractivity contribution in [3.8, 4) is 11.1 Å². The molecule has 0 bridgehead atoms. The molecule has 3 aromatic heterocycles. The average Bonchev–Trinajstić information content (AvgIpc) is 1.60. The number of piperidine rings is 1. The fourth-order valence-electron chi connectivity index (χ4n) is 19.9. The van der Waals surface area contributed by atoms with Gasteiger partial charge in [-0.3, -0.25) is 52.8 Å². The van der Waals surface area contributed by atoms with E-state index in [1.165, 1.54) is 35.4 Å². The predicted molar refractivity (Wildman–Crippen MR) is 556 cm³/mol. The highest BCUT2D eigenvalue weighted by atomic mass is 32.1. The molecule has 2 saturated heterocycles. The summed E-state index contributed by atoms with van der Waals surface area (Å²) in [5, 5.41) is 18.4. The zero-order valence-electron chi connectivity index (χ0n) is 88.4. The van der Waals surface area contributed by atoms with E-state index in [0.29, 0.717) is 81.5 Å². The van der Waals surface area contributed by atoms with Crippen molar-refractivity contribution >= 4 is 99.5 Å². The van der Waals surface area contributed by atoms with Crippen molar-refractivity contribution in [1.82, 2.24) is 70.3 Å². The molecule has 0 unspecified atom stereocenters. The van der Waals surface area contributed by atoms with Gasteiger partial charge in [0, 0.05) is 161 Å². The van der Waals surface area contributed by atoms with E-state index < -0.39 is 120 Å². The van der Waals surface area contributed by atoms with Crippen LogP contribution in [-0.2, 0) is 114 Å².